The Morgan fingerprint density at radius 2 is 1.68 bits per heavy atom. The summed E-state index contributed by atoms with van der Waals surface area (Å²) in [6.07, 6.45) is -5.06. The molecule has 28 heavy (non-hydrogen) atoms. The molecule has 0 spiro atoms. The number of rotatable bonds is 6. The molecule has 0 aromatic heterocycles. The number of hydrogen-bond acceptors (Lipinski definition) is 9. The smallest absolute Gasteiger partial charge is 0.303 e. The van der Waals surface area contributed by atoms with Crippen LogP contribution < -0.4 is 0 Å². The summed E-state index contributed by atoms with van der Waals surface area (Å²) >= 11 is 0. The Hall–Kier alpha value is -2.49. The number of hydrogen-bond donors (Lipinski definition) is 0. The van der Waals surface area contributed by atoms with Crippen molar-refractivity contribution in [1.29, 1.82) is 0 Å². The second-order valence-corrected chi connectivity index (χ2v) is 6.47. The maximum Gasteiger partial charge on any atom is 0.303 e. The Balaban J connectivity index is 1.78. The van der Waals surface area contributed by atoms with Gasteiger partial charge in [0.15, 0.2) is 30.9 Å². The molecule has 1 aromatic carbocycles. The fourth-order valence-electron chi connectivity index (χ4n) is 3.20. The molecule has 0 saturated carbocycles. The third kappa shape index (κ3) is 4.67. The molecule has 2 saturated heterocycles. The lowest BCUT2D eigenvalue weighted by Gasteiger charge is -2.28. The van der Waals surface area contributed by atoms with Crippen molar-refractivity contribution in [3.05, 3.63) is 35.9 Å². The average Bonchev–Trinajstić information content (AvgIpc) is 3.18. The van der Waals surface area contributed by atoms with Crippen molar-refractivity contribution in [3.63, 3.8) is 0 Å². The molecule has 6 atom stereocenters. The number of benzene rings is 1. The van der Waals surface area contributed by atoms with Gasteiger partial charge in [0.05, 0.1) is 0 Å². The second-order valence-electron chi connectivity index (χ2n) is 6.47. The average molecular weight is 394 g/mol. The Labute approximate surface area is 161 Å². The first-order chi connectivity index (χ1) is 13.3. The Morgan fingerprint density at radius 3 is 2.29 bits per heavy atom. The molecule has 2 heterocycles. The van der Waals surface area contributed by atoms with Gasteiger partial charge in [-0.25, -0.2) is 0 Å². The van der Waals surface area contributed by atoms with E-state index in [-0.39, 0.29) is 6.61 Å². The highest BCUT2D eigenvalue weighted by molar-refractivity contribution is 5.67. The normalized spacial score (nSPS) is 29.6. The molecular formula is C19H22O9. The quantitative estimate of drug-likeness (QED) is 0.520. The molecule has 0 radical (unpaired) electrons. The molecule has 0 N–H and O–H groups in total. The molecule has 3 rings (SSSR count). The highest BCUT2D eigenvalue weighted by Crippen LogP contribution is 2.41. The van der Waals surface area contributed by atoms with E-state index in [1.165, 1.54) is 20.8 Å². The molecule has 0 aliphatic carbocycles. The number of ether oxygens (including phenoxy) is 6. The zero-order chi connectivity index (χ0) is 20.3. The summed E-state index contributed by atoms with van der Waals surface area (Å²) in [6.45, 7) is 3.45. The van der Waals surface area contributed by atoms with E-state index in [4.69, 9.17) is 28.4 Å². The van der Waals surface area contributed by atoms with Gasteiger partial charge in [0.25, 0.3) is 0 Å². The molecule has 2 aliphatic heterocycles. The van der Waals surface area contributed by atoms with Crippen LogP contribution in [0.15, 0.2) is 30.3 Å². The molecule has 0 bridgehead atoms. The summed E-state index contributed by atoms with van der Waals surface area (Å²) in [7, 11) is 0. The molecule has 1 aromatic rings. The number of carbonyl (C=O) groups is 3. The van der Waals surface area contributed by atoms with Gasteiger partial charge in [-0.3, -0.25) is 14.4 Å². The minimum atomic E-state index is -0.987. The van der Waals surface area contributed by atoms with Crippen LogP contribution >= 0.6 is 0 Å². The second kappa shape index (κ2) is 8.68. The summed E-state index contributed by atoms with van der Waals surface area (Å²) in [6, 6.07) is 9.24. The Morgan fingerprint density at radius 1 is 0.964 bits per heavy atom. The van der Waals surface area contributed by atoms with Crippen molar-refractivity contribution in [2.75, 3.05) is 6.61 Å². The van der Waals surface area contributed by atoms with Crippen LogP contribution in [0.1, 0.15) is 32.6 Å². The van der Waals surface area contributed by atoms with Gasteiger partial charge in [-0.1, -0.05) is 30.3 Å². The molecule has 9 nitrogen and oxygen atoms in total. The van der Waals surface area contributed by atoms with Gasteiger partial charge in [-0.15, -0.1) is 0 Å². The van der Waals surface area contributed by atoms with Gasteiger partial charge in [-0.05, 0) is 0 Å². The van der Waals surface area contributed by atoms with Crippen LogP contribution in [0.25, 0.3) is 0 Å². The molecular weight excluding hydrogens is 372 g/mol. The molecule has 2 fully saturated rings. The van der Waals surface area contributed by atoms with Gasteiger partial charge in [0.1, 0.15) is 12.7 Å². The van der Waals surface area contributed by atoms with E-state index in [1.807, 2.05) is 30.3 Å². The third-order valence-electron chi connectivity index (χ3n) is 4.25. The van der Waals surface area contributed by atoms with Crippen LogP contribution in [0.3, 0.4) is 0 Å². The first-order valence-corrected chi connectivity index (χ1v) is 8.84. The van der Waals surface area contributed by atoms with E-state index in [0.29, 0.717) is 0 Å². The summed E-state index contributed by atoms with van der Waals surface area (Å²) in [4.78, 5) is 34.3. The largest absolute Gasteiger partial charge is 0.462 e. The minimum Gasteiger partial charge on any atom is -0.462 e. The highest BCUT2D eigenvalue weighted by Gasteiger charge is 2.57. The highest BCUT2D eigenvalue weighted by atomic mass is 16.8. The summed E-state index contributed by atoms with van der Waals surface area (Å²) in [5, 5.41) is 0. The lowest BCUT2D eigenvalue weighted by Crippen LogP contribution is -2.46. The predicted octanol–water partition coefficient (Wildman–Crippen LogP) is 1.25. The summed E-state index contributed by atoms with van der Waals surface area (Å²) in [5.41, 5.74) is 0.787. The van der Waals surface area contributed by atoms with E-state index in [0.717, 1.165) is 5.56 Å². The third-order valence-corrected chi connectivity index (χ3v) is 4.25. The van der Waals surface area contributed by atoms with Gasteiger partial charge < -0.3 is 28.4 Å². The van der Waals surface area contributed by atoms with Gasteiger partial charge in [0, 0.05) is 26.3 Å². The van der Waals surface area contributed by atoms with E-state index < -0.39 is 54.9 Å². The molecule has 9 heteroatoms. The van der Waals surface area contributed by atoms with Crippen molar-refractivity contribution in [3.8, 4) is 0 Å². The molecule has 0 unspecified atom stereocenters. The van der Waals surface area contributed by atoms with Crippen LogP contribution in [-0.2, 0) is 42.8 Å². The Kier molecular flexibility index (Phi) is 6.28. The van der Waals surface area contributed by atoms with Crippen molar-refractivity contribution < 1.29 is 42.8 Å². The SMILES string of the molecule is CC(=O)OC[C@H](OC(C)=O)[C@H]1O[C@@H]2O[C@@H](c3ccccc3)O[C@@H]2[C@H]1OC(C)=O. The van der Waals surface area contributed by atoms with Crippen molar-refractivity contribution in [1.82, 2.24) is 0 Å². The summed E-state index contributed by atoms with van der Waals surface area (Å²) < 4.78 is 33.2. The van der Waals surface area contributed by atoms with E-state index in [2.05, 4.69) is 0 Å². The number of fused-ring (bicyclic) bond motifs is 1. The standard InChI is InChI=1S/C19H22O9/c1-10(20)23-9-14(24-11(2)21)15-16(25-12(3)22)17-19(26-15)28-18(27-17)13-7-5-4-6-8-13/h4-8,14-19H,9H2,1-3H3/t14-,15+,16-,17+,18-,19+/m0/s1. The molecule has 152 valence electrons. The van der Waals surface area contributed by atoms with Crippen LogP contribution in [-0.4, -0.2) is 55.2 Å². The van der Waals surface area contributed by atoms with Crippen molar-refractivity contribution in [2.24, 2.45) is 0 Å². The van der Waals surface area contributed by atoms with Gasteiger partial charge in [-0.2, -0.15) is 0 Å². The summed E-state index contributed by atoms with van der Waals surface area (Å²) in [5.74, 6) is -1.69. The molecule has 0 amide bonds. The van der Waals surface area contributed by atoms with Crippen molar-refractivity contribution in [2.45, 2.75) is 57.8 Å². The lowest BCUT2D eigenvalue weighted by molar-refractivity contribution is -0.208. The minimum absolute atomic E-state index is 0.251. The van der Waals surface area contributed by atoms with E-state index in [1.54, 1.807) is 0 Å². The monoisotopic (exact) mass is 394 g/mol. The zero-order valence-corrected chi connectivity index (χ0v) is 15.7. The van der Waals surface area contributed by atoms with E-state index >= 15 is 0 Å². The Bertz CT molecular complexity index is 719. The maximum atomic E-state index is 11.6. The molecule has 2 aliphatic rings. The van der Waals surface area contributed by atoms with Gasteiger partial charge >= 0.3 is 17.9 Å². The number of esters is 3. The van der Waals surface area contributed by atoms with Crippen LogP contribution in [0, 0.1) is 0 Å². The van der Waals surface area contributed by atoms with Crippen LogP contribution in [0.2, 0.25) is 0 Å². The van der Waals surface area contributed by atoms with Crippen LogP contribution in [0.4, 0.5) is 0 Å². The van der Waals surface area contributed by atoms with E-state index in [9.17, 15) is 14.4 Å². The van der Waals surface area contributed by atoms with Crippen molar-refractivity contribution >= 4 is 17.9 Å². The fourth-order valence-corrected chi connectivity index (χ4v) is 3.20. The predicted molar refractivity (Wildman–Crippen MR) is 91.5 cm³/mol. The topological polar surface area (TPSA) is 107 Å². The number of carbonyl (C=O) groups excluding carboxylic acids is 3. The van der Waals surface area contributed by atoms with Gasteiger partial charge in [0.2, 0.25) is 0 Å². The lowest BCUT2D eigenvalue weighted by atomic mass is 10.1. The van der Waals surface area contributed by atoms with Crippen LogP contribution in [0.5, 0.6) is 0 Å². The first-order valence-electron chi connectivity index (χ1n) is 8.84. The maximum absolute atomic E-state index is 11.6. The fraction of sp³-hybridized carbons (Fsp3) is 0.526. The first kappa shape index (κ1) is 20.2. The zero-order valence-electron chi connectivity index (χ0n) is 15.7.